The molecule has 5 heteroatoms. The van der Waals surface area contributed by atoms with Crippen LogP contribution in [0.4, 0.5) is 11.4 Å². The number of aromatic nitrogens is 1. The summed E-state index contributed by atoms with van der Waals surface area (Å²) in [6.07, 6.45) is 4.12. The zero-order chi connectivity index (χ0) is 29.5. The molecular weight excluding hydrogens is 540 g/mol. The number of furan rings is 1. The summed E-state index contributed by atoms with van der Waals surface area (Å²) in [5, 5.41) is 14.8. The fourth-order valence-corrected chi connectivity index (χ4v) is 8.14. The average molecular weight is 565 g/mol. The zero-order valence-corrected chi connectivity index (χ0v) is 23.8. The van der Waals surface area contributed by atoms with Gasteiger partial charge in [0.1, 0.15) is 11.2 Å². The fourth-order valence-electron chi connectivity index (χ4n) is 8.14. The van der Waals surface area contributed by atoms with Crippen LogP contribution >= 0.6 is 0 Å². The van der Waals surface area contributed by atoms with Crippen LogP contribution in [0.3, 0.4) is 0 Å². The van der Waals surface area contributed by atoms with Crippen LogP contribution in [0.5, 0.6) is 0 Å². The highest BCUT2D eigenvalue weighted by molar-refractivity contribution is 6.24. The topological polar surface area (TPSA) is 50.6 Å². The monoisotopic (exact) mass is 564 g/mol. The molecule has 0 amide bonds. The van der Waals surface area contributed by atoms with Gasteiger partial charge >= 0.3 is 0 Å². The van der Waals surface area contributed by atoms with E-state index in [9.17, 15) is 5.26 Å². The molecule has 3 aliphatic carbocycles. The van der Waals surface area contributed by atoms with Crippen molar-refractivity contribution >= 4 is 55.1 Å². The molecule has 0 aliphatic heterocycles. The predicted molar refractivity (Wildman–Crippen MR) is 175 cm³/mol. The van der Waals surface area contributed by atoms with Gasteiger partial charge in [0.2, 0.25) is 5.69 Å². The van der Waals surface area contributed by atoms with E-state index in [-0.39, 0.29) is 17.5 Å². The molecule has 1 fully saturated rings. The molecule has 0 radical (unpaired) electrons. The minimum Gasteiger partial charge on any atom is -0.455 e. The third-order valence-corrected chi connectivity index (χ3v) is 9.98. The van der Waals surface area contributed by atoms with E-state index in [4.69, 9.17) is 17.6 Å². The highest BCUT2D eigenvalue weighted by atomic mass is 16.3. The average Bonchev–Trinajstić information content (AvgIpc) is 3.63. The van der Waals surface area contributed by atoms with Gasteiger partial charge in [-0.1, -0.05) is 54.6 Å². The summed E-state index contributed by atoms with van der Waals surface area (Å²) in [5.74, 6) is 0.495. The van der Waals surface area contributed by atoms with E-state index in [0.29, 0.717) is 11.3 Å². The number of para-hydroxylation sites is 1. The van der Waals surface area contributed by atoms with Gasteiger partial charge in [-0.15, -0.1) is 0 Å². The van der Waals surface area contributed by atoms with E-state index < -0.39 is 0 Å². The molecule has 2 heterocycles. The normalized spacial score (nSPS) is 17.1. The molecule has 0 atom stereocenters. The van der Waals surface area contributed by atoms with E-state index in [1.54, 1.807) is 0 Å². The largest absolute Gasteiger partial charge is 0.455 e. The summed E-state index contributed by atoms with van der Waals surface area (Å²) >= 11 is 0. The van der Waals surface area contributed by atoms with Gasteiger partial charge in [-0.3, -0.25) is 0 Å². The van der Waals surface area contributed by atoms with E-state index >= 15 is 0 Å². The maximum atomic E-state index is 10.7. The van der Waals surface area contributed by atoms with Crippen molar-refractivity contribution in [3.63, 3.8) is 0 Å². The van der Waals surface area contributed by atoms with Gasteiger partial charge in [-0.25, -0.2) is 9.69 Å². The van der Waals surface area contributed by atoms with Gasteiger partial charge in [0.25, 0.3) is 0 Å². The molecule has 2 bridgehead atoms. The van der Waals surface area contributed by atoms with Crippen LogP contribution in [-0.2, 0) is 0 Å². The van der Waals surface area contributed by atoms with Crippen LogP contribution in [-0.4, -0.2) is 4.57 Å². The molecule has 1 saturated carbocycles. The van der Waals surface area contributed by atoms with Crippen molar-refractivity contribution in [3.05, 3.63) is 124 Å². The minimum atomic E-state index is 0.185. The molecule has 5 nitrogen and oxygen atoms in total. The Morgan fingerprint density at radius 3 is 2.16 bits per heavy atom. The lowest BCUT2D eigenvalue weighted by Gasteiger charge is -2.41. The van der Waals surface area contributed by atoms with Crippen molar-refractivity contribution in [1.29, 1.82) is 5.26 Å². The van der Waals surface area contributed by atoms with Gasteiger partial charge in [-0.05, 0) is 90.1 Å². The summed E-state index contributed by atoms with van der Waals surface area (Å²) < 4.78 is 8.80. The van der Waals surface area contributed by atoms with Crippen LogP contribution in [0, 0.1) is 24.5 Å². The molecule has 3 aliphatic rings. The molecule has 44 heavy (non-hydrogen) atoms. The highest BCUT2D eigenvalue weighted by Crippen LogP contribution is 2.59. The summed E-state index contributed by atoms with van der Waals surface area (Å²) in [4.78, 5) is 7.75. The lowest BCUT2D eigenvalue weighted by atomic mass is 9.65. The Kier molecular flexibility index (Phi) is 5.11. The third kappa shape index (κ3) is 3.15. The Morgan fingerprint density at radius 1 is 0.705 bits per heavy atom. The first-order chi connectivity index (χ1) is 21.7. The second kappa shape index (κ2) is 9.08. The Morgan fingerprint density at radius 2 is 1.41 bits per heavy atom. The van der Waals surface area contributed by atoms with Crippen molar-refractivity contribution in [2.75, 3.05) is 0 Å². The van der Waals surface area contributed by atoms with Crippen LogP contribution in [0.25, 0.3) is 70.2 Å². The van der Waals surface area contributed by atoms with Gasteiger partial charge in [0.15, 0.2) is 5.69 Å². The number of nitrogens with zero attached hydrogens (tertiary/aromatic N) is 4. The van der Waals surface area contributed by atoms with Gasteiger partial charge < -0.3 is 8.98 Å². The van der Waals surface area contributed by atoms with Crippen LogP contribution in [0.1, 0.15) is 54.2 Å². The summed E-state index contributed by atoms with van der Waals surface area (Å²) in [5.41, 5.74) is 9.50. The molecule has 0 unspecified atom stereocenters. The van der Waals surface area contributed by atoms with Crippen molar-refractivity contribution in [2.24, 2.45) is 0 Å². The first-order valence-electron chi connectivity index (χ1n) is 15.0. The number of benzene rings is 5. The van der Waals surface area contributed by atoms with Gasteiger partial charge in [-0.2, -0.15) is 5.26 Å². The molecular formula is C39H24N4O. The molecule has 206 valence electrons. The number of rotatable bonds is 2. The second-order valence-electron chi connectivity index (χ2n) is 12.0. The molecule has 5 aromatic carbocycles. The van der Waals surface area contributed by atoms with Crippen LogP contribution in [0.2, 0.25) is 0 Å². The maximum Gasteiger partial charge on any atom is 0.214 e. The Hall–Kier alpha value is -5.83. The van der Waals surface area contributed by atoms with E-state index in [0.717, 1.165) is 97.4 Å². The van der Waals surface area contributed by atoms with E-state index in [1.807, 2.05) is 36.4 Å². The molecule has 0 spiro atoms. The molecule has 2 aromatic heterocycles. The van der Waals surface area contributed by atoms with Crippen molar-refractivity contribution in [2.45, 2.75) is 37.5 Å². The predicted octanol–water partition coefficient (Wildman–Crippen LogP) is 11.1. The lowest BCUT2D eigenvalue weighted by Crippen LogP contribution is -2.24. The third-order valence-electron chi connectivity index (χ3n) is 9.98. The maximum absolute atomic E-state index is 10.7. The Bertz CT molecular complexity index is 2490. The van der Waals surface area contributed by atoms with Crippen LogP contribution in [0.15, 0.2) is 89.3 Å². The summed E-state index contributed by atoms with van der Waals surface area (Å²) in [6.45, 7) is 16.2. The number of nitriles is 1. The molecule has 0 saturated heterocycles. The molecule has 0 N–H and O–H groups in total. The second-order valence-corrected chi connectivity index (χ2v) is 12.0. The summed E-state index contributed by atoms with van der Waals surface area (Å²) in [6, 6.07) is 31.6. The van der Waals surface area contributed by atoms with Crippen LogP contribution < -0.4 is 0 Å². The van der Waals surface area contributed by atoms with Gasteiger partial charge in [0.05, 0.1) is 46.9 Å². The fraction of sp³-hybridized carbons (Fsp3) is 0.154. The zero-order valence-electron chi connectivity index (χ0n) is 23.8. The van der Waals surface area contributed by atoms with Crippen molar-refractivity contribution in [1.82, 2.24) is 4.57 Å². The Labute approximate surface area is 253 Å². The number of hydrogen-bond donors (Lipinski definition) is 0. The van der Waals surface area contributed by atoms with Crippen molar-refractivity contribution < 1.29 is 4.42 Å². The quantitative estimate of drug-likeness (QED) is 0.196. The smallest absolute Gasteiger partial charge is 0.214 e. The van der Waals surface area contributed by atoms with Crippen molar-refractivity contribution in [3.8, 4) is 22.9 Å². The first kappa shape index (κ1) is 24.7. The Balaban J connectivity index is 1.50. The van der Waals surface area contributed by atoms with E-state index in [1.165, 1.54) is 0 Å². The summed E-state index contributed by atoms with van der Waals surface area (Å²) in [7, 11) is 0. The minimum absolute atomic E-state index is 0.185. The number of hydrogen-bond acceptors (Lipinski definition) is 2. The lowest BCUT2D eigenvalue weighted by molar-refractivity contribution is 0.359. The SMILES string of the molecule is [C-]#[N+]c1c(C#N)c(-n2c3ccc(-c4ccccc4)cc3c3c4oc5ccccc5c4ccc32)c2c(c1[N+]#[C-])C1CCC2CC1. The van der Waals surface area contributed by atoms with E-state index in [2.05, 4.69) is 68.9 Å². The number of fused-ring (bicyclic) bond motifs is 9. The molecule has 10 rings (SSSR count). The molecule has 7 aromatic rings. The standard InChI is InChI=1S/C39H24N4O/c1-41-36-29(21-40)38(34-24-14-12-23(13-15-24)33(34)37(36)42-2)43-30-18-16-25(22-8-4-3-5-9-22)20-28(30)35-31(43)19-17-27-26-10-6-7-11-32(26)44-39(27)35/h3-11,16-20,23-24H,12-15H2. The van der Waals surface area contributed by atoms with Gasteiger partial charge in [0, 0.05) is 16.2 Å². The first-order valence-corrected chi connectivity index (χ1v) is 15.0. The highest BCUT2D eigenvalue weighted by Gasteiger charge is 2.40.